The molecule has 1 N–H and O–H groups in total. The molecule has 0 aliphatic rings. The summed E-state index contributed by atoms with van der Waals surface area (Å²) >= 11 is 0. The molecule has 1 aromatic carbocycles. The fourth-order valence-electron chi connectivity index (χ4n) is 2.04. The molecule has 0 amide bonds. The van der Waals surface area contributed by atoms with E-state index in [9.17, 15) is 13.2 Å². The molecule has 2 aromatic rings. The number of alkyl halides is 3. The monoisotopic (exact) mass is 296 g/mol. The average Bonchev–Trinajstić information content (AvgIpc) is 2.45. The predicted octanol–water partition coefficient (Wildman–Crippen LogP) is 3.68. The summed E-state index contributed by atoms with van der Waals surface area (Å²) in [4.78, 5) is 4.07. The number of hydrogen-bond donors (Lipinski definition) is 1. The van der Waals surface area contributed by atoms with E-state index in [2.05, 4.69) is 15.0 Å². The topological polar surface area (TPSA) is 34.1 Å². The van der Waals surface area contributed by atoms with Gasteiger partial charge in [0, 0.05) is 12.4 Å². The Balaban J connectivity index is 2.22. The Hall–Kier alpha value is -2.08. The predicted molar refractivity (Wildman–Crippen MR) is 72.9 cm³/mol. The third kappa shape index (κ3) is 4.46. The highest BCUT2D eigenvalue weighted by Gasteiger charge is 2.31. The second kappa shape index (κ2) is 6.58. The van der Waals surface area contributed by atoms with Crippen molar-refractivity contribution in [3.05, 3.63) is 59.9 Å². The van der Waals surface area contributed by atoms with E-state index in [4.69, 9.17) is 0 Å². The van der Waals surface area contributed by atoms with Crippen molar-refractivity contribution < 1.29 is 17.9 Å². The fourth-order valence-corrected chi connectivity index (χ4v) is 2.04. The summed E-state index contributed by atoms with van der Waals surface area (Å²) < 4.78 is 40.3. The Morgan fingerprint density at radius 3 is 2.38 bits per heavy atom. The molecule has 0 fully saturated rings. The van der Waals surface area contributed by atoms with Gasteiger partial charge in [0.05, 0.1) is 6.04 Å². The van der Waals surface area contributed by atoms with Crippen molar-refractivity contribution in [2.75, 3.05) is 6.54 Å². The zero-order valence-corrected chi connectivity index (χ0v) is 11.4. The number of benzene rings is 1. The van der Waals surface area contributed by atoms with Gasteiger partial charge in [0.15, 0.2) is 0 Å². The number of hydrogen-bond acceptors (Lipinski definition) is 3. The molecular formula is C15H15F3N2O. The van der Waals surface area contributed by atoms with E-state index in [1.807, 2.05) is 19.1 Å². The molecule has 1 aromatic heterocycles. The SMILES string of the molecule is CCNC(c1ccc(OC(F)(F)F)cc1)c1cccnc1. The summed E-state index contributed by atoms with van der Waals surface area (Å²) in [5.74, 6) is -0.229. The van der Waals surface area contributed by atoms with Gasteiger partial charge in [-0.3, -0.25) is 4.98 Å². The Morgan fingerprint density at radius 2 is 1.86 bits per heavy atom. The number of rotatable bonds is 5. The van der Waals surface area contributed by atoms with Gasteiger partial charge in [0.2, 0.25) is 0 Å². The van der Waals surface area contributed by atoms with Gasteiger partial charge in [0.25, 0.3) is 0 Å². The summed E-state index contributed by atoms with van der Waals surface area (Å²) in [6.07, 6.45) is -1.27. The molecule has 21 heavy (non-hydrogen) atoms. The Labute approximate surface area is 120 Å². The standard InChI is InChI=1S/C15H15F3N2O/c1-2-20-14(12-4-3-9-19-10-12)11-5-7-13(8-6-11)21-15(16,17)18/h3-10,14,20H,2H2,1H3. The molecule has 0 radical (unpaired) electrons. The van der Waals surface area contributed by atoms with E-state index in [0.717, 1.165) is 17.7 Å². The first-order valence-electron chi connectivity index (χ1n) is 6.48. The maximum absolute atomic E-state index is 12.1. The molecule has 0 aliphatic carbocycles. The van der Waals surface area contributed by atoms with Crippen LogP contribution < -0.4 is 10.1 Å². The second-order valence-corrected chi connectivity index (χ2v) is 4.39. The number of ether oxygens (including phenoxy) is 1. The summed E-state index contributed by atoms with van der Waals surface area (Å²) in [5.41, 5.74) is 1.79. The van der Waals surface area contributed by atoms with E-state index in [1.165, 1.54) is 12.1 Å². The van der Waals surface area contributed by atoms with Crippen molar-refractivity contribution in [2.45, 2.75) is 19.3 Å². The van der Waals surface area contributed by atoms with Crippen LogP contribution in [0.4, 0.5) is 13.2 Å². The van der Waals surface area contributed by atoms with E-state index in [1.54, 1.807) is 24.5 Å². The molecule has 1 atom stereocenters. The van der Waals surface area contributed by atoms with Crippen molar-refractivity contribution >= 4 is 0 Å². The summed E-state index contributed by atoms with van der Waals surface area (Å²) in [6, 6.07) is 9.46. The highest BCUT2D eigenvalue weighted by molar-refractivity contribution is 5.34. The van der Waals surface area contributed by atoms with Gasteiger partial charge in [-0.1, -0.05) is 25.1 Å². The van der Waals surface area contributed by atoms with Crippen LogP contribution in [0.15, 0.2) is 48.8 Å². The molecule has 2 rings (SSSR count). The lowest BCUT2D eigenvalue weighted by Crippen LogP contribution is -2.22. The van der Waals surface area contributed by atoms with Crippen molar-refractivity contribution in [1.82, 2.24) is 10.3 Å². The molecular weight excluding hydrogens is 281 g/mol. The minimum atomic E-state index is -4.67. The maximum Gasteiger partial charge on any atom is 0.573 e. The van der Waals surface area contributed by atoms with Crippen LogP contribution in [0, 0.1) is 0 Å². The molecule has 0 spiro atoms. The molecule has 1 heterocycles. The summed E-state index contributed by atoms with van der Waals surface area (Å²) in [7, 11) is 0. The zero-order valence-electron chi connectivity index (χ0n) is 11.4. The van der Waals surface area contributed by atoms with Crippen molar-refractivity contribution in [3.63, 3.8) is 0 Å². The highest BCUT2D eigenvalue weighted by atomic mass is 19.4. The third-order valence-corrected chi connectivity index (χ3v) is 2.87. The van der Waals surface area contributed by atoms with Gasteiger partial charge in [-0.2, -0.15) is 0 Å². The molecule has 0 bridgehead atoms. The molecule has 112 valence electrons. The number of halogens is 3. The van der Waals surface area contributed by atoms with Crippen LogP contribution in [-0.2, 0) is 0 Å². The third-order valence-electron chi connectivity index (χ3n) is 2.87. The molecule has 0 saturated heterocycles. The van der Waals surface area contributed by atoms with E-state index in [-0.39, 0.29) is 11.8 Å². The van der Waals surface area contributed by atoms with Gasteiger partial charge in [-0.05, 0) is 35.9 Å². The lowest BCUT2D eigenvalue weighted by Gasteiger charge is -2.19. The van der Waals surface area contributed by atoms with Gasteiger partial charge in [0.1, 0.15) is 5.75 Å². The van der Waals surface area contributed by atoms with Crippen LogP contribution in [0.3, 0.4) is 0 Å². The second-order valence-electron chi connectivity index (χ2n) is 4.39. The first kappa shape index (κ1) is 15.3. The maximum atomic E-state index is 12.1. The minimum Gasteiger partial charge on any atom is -0.406 e. The van der Waals surface area contributed by atoms with Crippen molar-refractivity contribution in [2.24, 2.45) is 0 Å². The quantitative estimate of drug-likeness (QED) is 0.914. The number of nitrogens with one attached hydrogen (secondary N) is 1. The van der Waals surface area contributed by atoms with E-state index in [0.29, 0.717) is 0 Å². The summed E-state index contributed by atoms with van der Waals surface area (Å²) in [5, 5.41) is 3.28. The molecule has 6 heteroatoms. The van der Waals surface area contributed by atoms with Crippen LogP contribution in [0.1, 0.15) is 24.1 Å². The number of aromatic nitrogens is 1. The molecule has 3 nitrogen and oxygen atoms in total. The van der Waals surface area contributed by atoms with Crippen LogP contribution >= 0.6 is 0 Å². The normalized spacial score (nSPS) is 13.0. The van der Waals surface area contributed by atoms with Crippen molar-refractivity contribution in [3.8, 4) is 5.75 Å². The van der Waals surface area contributed by atoms with Gasteiger partial charge in [-0.25, -0.2) is 0 Å². The fraction of sp³-hybridized carbons (Fsp3) is 0.267. The molecule has 0 saturated carbocycles. The van der Waals surface area contributed by atoms with Gasteiger partial charge < -0.3 is 10.1 Å². The number of pyridine rings is 1. The first-order chi connectivity index (χ1) is 9.99. The Kier molecular flexibility index (Phi) is 4.80. The lowest BCUT2D eigenvalue weighted by atomic mass is 10.00. The van der Waals surface area contributed by atoms with E-state index < -0.39 is 6.36 Å². The molecule has 1 unspecified atom stereocenters. The van der Waals surface area contributed by atoms with Crippen LogP contribution in [0.2, 0.25) is 0 Å². The average molecular weight is 296 g/mol. The van der Waals surface area contributed by atoms with Crippen LogP contribution in [0.5, 0.6) is 5.75 Å². The van der Waals surface area contributed by atoms with E-state index >= 15 is 0 Å². The Morgan fingerprint density at radius 1 is 1.14 bits per heavy atom. The van der Waals surface area contributed by atoms with Gasteiger partial charge >= 0.3 is 6.36 Å². The summed E-state index contributed by atoms with van der Waals surface area (Å²) in [6.45, 7) is 2.69. The zero-order chi connectivity index (χ0) is 15.3. The van der Waals surface area contributed by atoms with Crippen molar-refractivity contribution in [1.29, 1.82) is 0 Å². The largest absolute Gasteiger partial charge is 0.573 e. The highest BCUT2D eigenvalue weighted by Crippen LogP contribution is 2.26. The minimum absolute atomic E-state index is 0.122. The lowest BCUT2D eigenvalue weighted by molar-refractivity contribution is -0.274. The van der Waals surface area contributed by atoms with Gasteiger partial charge in [-0.15, -0.1) is 13.2 Å². The van der Waals surface area contributed by atoms with Crippen LogP contribution in [-0.4, -0.2) is 17.9 Å². The Bertz CT molecular complexity index is 555. The first-order valence-corrected chi connectivity index (χ1v) is 6.48. The smallest absolute Gasteiger partial charge is 0.406 e. The molecule has 0 aliphatic heterocycles. The van der Waals surface area contributed by atoms with Crippen LogP contribution in [0.25, 0.3) is 0 Å². The number of nitrogens with zero attached hydrogens (tertiary/aromatic N) is 1.